The van der Waals surface area contributed by atoms with Crippen LogP contribution in [0.25, 0.3) is 23.0 Å². The molecule has 2 fully saturated rings. The van der Waals surface area contributed by atoms with Crippen LogP contribution in [0.5, 0.6) is 11.5 Å². The third-order valence-electron chi connectivity index (χ3n) is 7.87. The minimum atomic E-state index is -0.0950. The van der Waals surface area contributed by atoms with Gasteiger partial charge in [0, 0.05) is 60.2 Å². The number of carbonyl (C=O) groups excluding carboxylic acids is 2. The van der Waals surface area contributed by atoms with Crippen molar-refractivity contribution in [2.24, 2.45) is 5.92 Å². The largest absolute Gasteiger partial charge is 0.496 e. The van der Waals surface area contributed by atoms with E-state index in [1.807, 2.05) is 37.4 Å². The summed E-state index contributed by atoms with van der Waals surface area (Å²) in [4.78, 5) is 30.7. The van der Waals surface area contributed by atoms with Gasteiger partial charge in [-0.25, -0.2) is 4.68 Å². The zero-order chi connectivity index (χ0) is 27.1. The molecule has 2 saturated heterocycles. The lowest BCUT2D eigenvalue weighted by Crippen LogP contribution is -2.45. The Morgan fingerprint density at radius 1 is 1.10 bits per heavy atom. The zero-order valence-corrected chi connectivity index (χ0v) is 23.6. The van der Waals surface area contributed by atoms with Crippen LogP contribution in [0.2, 0.25) is 0 Å². The van der Waals surface area contributed by atoms with Crippen LogP contribution in [-0.2, 0) is 11.4 Å². The van der Waals surface area contributed by atoms with E-state index in [4.69, 9.17) is 14.6 Å². The summed E-state index contributed by atoms with van der Waals surface area (Å²) in [5, 5.41) is 8.96. The Bertz CT molecular complexity index is 1430. The maximum absolute atomic E-state index is 14.0. The van der Waals surface area contributed by atoms with Crippen LogP contribution < -0.4 is 9.47 Å². The molecule has 2 aromatic heterocycles. The molecular weight excluding hydrogens is 512 g/mol. The van der Waals surface area contributed by atoms with Gasteiger partial charge in [-0.15, -0.1) is 0 Å². The van der Waals surface area contributed by atoms with Crippen molar-refractivity contribution < 1.29 is 19.1 Å². The summed E-state index contributed by atoms with van der Waals surface area (Å²) in [6, 6.07) is 6.00. The van der Waals surface area contributed by atoms with E-state index in [9.17, 15) is 9.59 Å². The van der Waals surface area contributed by atoms with E-state index in [-0.39, 0.29) is 24.3 Å². The summed E-state index contributed by atoms with van der Waals surface area (Å²) in [6.45, 7) is 7.28. The van der Waals surface area contributed by atoms with E-state index in [2.05, 4.69) is 26.0 Å². The van der Waals surface area contributed by atoms with Gasteiger partial charge < -0.3 is 19.3 Å². The summed E-state index contributed by atoms with van der Waals surface area (Å²) < 4.78 is 13.7. The molecule has 0 radical (unpaired) electrons. The van der Waals surface area contributed by atoms with Gasteiger partial charge in [0.05, 0.1) is 18.5 Å². The van der Waals surface area contributed by atoms with Gasteiger partial charge in [-0.2, -0.15) is 16.4 Å². The number of fused-ring (bicyclic) bond motifs is 3. The number of hydrogen-bond acceptors (Lipinski definition) is 6. The molecule has 1 atom stereocenters. The normalized spacial score (nSPS) is 18.3. The van der Waals surface area contributed by atoms with Crippen molar-refractivity contribution in [3.8, 4) is 28.4 Å². The number of carbonyl (C=O) groups is 2. The first-order valence-electron chi connectivity index (χ1n) is 13.7. The lowest BCUT2D eigenvalue weighted by molar-refractivity contribution is -0.139. The Hall–Kier alpha value is -3.59. The molecule has 0 bridgehead atoms. The van der Waals surface area contributed by atoms with Gasteiger partial charge in [-0.05, 0) is 57.0 Å². The van der Waals surface area contributed by atoms with Crippen LogP contribution in [0.3, 0.4) is 0 Å². The van der Waals surface area contributed by atoms with Crippen LogP contribution in [0.15, 0.2) is 34.5 Å². The molecule has 5 heterocycles. The molecule has 39 heavy (non-hydrogen) atoms. The molecule has 9 heteroatoms. The number of aromatic nitrogens is 2. The van der Waals surface area contributed by atoms with E-state index in [0.717, 1.165) is 71.7 Å². The van der Waals surface area contributed by atoms with Gasteiger partial charge in [-0.1, -0.05) is 11.6 Å². The lowest BCUT2D eigenvalue weighted by Gasteiger charge is -2.34. The molecule has 0 N–H and O–H groups in total. The molecule has 2 amide bonds. The van der Waals surface area contributed by atoms with E-state index in [1.54, 1.807) is 18.4 Å². The monoisotopic (exact) mass is 546 g/mol. The summed E-state index contributed by atoms with van der Waals surface area (Å²) in [7, 11) is 1.66. The molecule has 1 aromatic carbocycles. The number of rotatable bonds is 5. The summed E-state index contributed by atoms with van der Waals surface area (Å²) in [5.74, 6) is 1.61. The number of likely N-dealkylation sites (tertiary alicyclic amines) is 2. The third-order valence-corrected chi connectivity index (χ3v) is 8.54. The standard InChI is InChI=1S/C30H34N4O4S/c1-19(2)14-21-15-23-26(16-25(21)37-3)38-17-24-27(31-34(28(23)24)22-8-13-39-18-22)30(36)33-9-4-6-20(7-12-33)29(35)32-10-5-11-32/h8,13-16,18,20H,4-7,9-12,17H2,1-3H3/t20-/m0/s1. The quantitative estimate of drug-likeness (QED) is 0.428. The molecule has 8 nitrogen and oxygen atoms in total. The number of allylic oxidation sites excluding steroid dienone is 1. The van der Waals surface area contributed by atoms with Crippen LogP contribution in [-0.4, -0.2) is 64.7 Å². The average molecular weight is 547 g/mol. The fourth-order valence-electron chi connectivity index (χ4n) is 5.72. The maximum atomic E-state index is 14.0. The topological polar surface area (TPSA) is 76.9 Å². The first-order chi connectivity index (χ1) is 18.9. The lowest BCUT2D eigenvalue weighted by atomic mass is 9.97. The maximum Gasteiger partial charge on any atom is 0.274 e. The minimum Gasteiger partial charge on any atom is -0.496 e. The number of methoxy groups -OCH3 is 1. The molecule has 204 valence electrons. The van der Waals surface area contributed by atoms with E-state index in [0.29, 0.717) is 31.0 Å². The van der Waals surface area contributed by atoms with Crippen molar-refractivity contribution in [2.45, 2.75) is 46.1 Å². The molecule has 0 unspecified atom stereocenters. The molecule has 0 spiro atoms. The average Bonchev–Trinajstić information content (AvgIpc) is 3.48. The van der Waals surface area contributed by atoms with Gasteiger partial charge in [0.1, 0.15) is 18.1 Å². The SMILES string of the molecule is COc1cc2c(cc1C=C(C)C)-c1c(c(C(=O)N3CCC[C@H](C(=O)N4CCC4)CC3)nn1-c1ccsc1)CO2. The Labute approximate surface area is 232 Å². The van der Waals surface area contributed by atoms with E-state index in [1.165, 1.54) is 0 Å². The Balaban J connectivity index is 1.37. The highest BCUT2D eigenvalue weighted by Crippen LogP contribution is 2.44. The second-order valence-electron chi connectivity index (χ2n) is 10.8. The molecule has 0 saturated carbocycles. The Morgan fingerprint density at radius 3 is 2.62 bits per heavy atom. The molecule has 3 aromatic rings. The fourth-order valence-corrected chi connectivity index (χ4v) is 6.34. The first-order valence-corrected chi connectivity index (χ1v) is 14.6. The molecule has 3 aliphatic rings. The highest BCUT2D eigenvalue weighted by molar-refractivity contribution is 7.08. The van der Waals surface area contributed by atoms with Gasteiger partial charge in [0.2, 0.25) is 5.91 Å². The van der Waals surface area contributed by atoms with Gasteiger partial charge in [0.25, 0.3) is 5.91 Å². The number of nitrogens with zero attached hydrogens (tertiary/aromatic N) is 4. The number of hydrogen-bond donors (Lipinski definition) is 0. The highest BCUT2D eigenvalue weighted by Gasteiger charge is 2.35. The summed E-state index contributed by atoms with van der Waals surface area (Å²) >= 11 is 1.59. The Kier molecular flexibility index (Phi) is 6.93. The van der Waals surface area contributed by atoms with Crippen molar-refractivity contribution in [2.75, 3.05) is 33.3 Å². The molecule has 6 rings (SSSR count). The second-order valence-corrected chi connectivity index (χ2v) is 11.5. The summed E-state index contributed by atoms with van der Waals surface area (Å²) in [6.07, 6.45) is 5.51. The highest BCUT2D eigenvalue weighted by atomic mass is 32.1. The van der Waals surface area contributed by atoms with Gasteiger partial charge in [-0.3, -0.25) is 9.59 Å². The van der Waals surface area contributed by atoms with Crippen LogP contribution >= 0.6 is 11.3 Å². The first kappa shape index (κ1) is 25.7. The molecule has 3 aliphatic heterocycles. The Morgan fingerprint density at radius 2 is 1.92 bits per heavy atom. The fraction of sp³-hybridized carbons (Fsp3) is 0.433. The predicted molar refractivity (Wildman–Crippen MR) is 152 cm³/mol. The minimum absolute atomic E-state index is 0.000863. The van der Waals surface area contributed by atoms with Crippen LogP contribution in [0.1, 0.15) is 61.1 Å². The van der Waals surface area contributed by atoms with Crippen LogP contribution in [0.4, 0.5) is 0 Å². The molecular formula is C30H34N4O4S. The van der Waals surface area contributed by atoms with Crippen molar-refractivity contribution in [3.05, 3.63) is 51.4 Å². The van der Waals surface area contributed by atoms with Gasteiger partial charge >= 0.3 is 0 Å². The predicted octanol–water partition coefficient (Wildman–Crippen LogP) is 5.40. The smallest absolute Gasteiger partial charge is 0.274 e. The second kappa shape index (κ2) is 10.5. The van der Waals surface area contributed by atoms with Crippen molar-refractivity contribution in [1.29, 1.82) is 0 Å². The number of thiophene rings is 1. The van der Waals surface area contributed by atoms with Gasteiger partial charge in [0.15, 0.2) is 5.69 Å². The molecule has 0 aliphatic carbocycles. The van der Waals surface area contributed by atoms with E-state index >= 15 is 0 Å². The zero-order valence-electron chi connectivity index (χ0n) is 22.7. The third kappa shape index (κ3) is 4.73. The van der Waals surface area contributed by atoms with E-state index < -0.39 is 0 Å². The van der Waals surface area contributed by atoms with Crippen molar-refractivity contribution in [1.82, 2.24) is 19.6 Å². The number of amides is 2. The van der Waals surface area contributed by atoms with Crippen molar-refractivity contribution in [3.63, 3.8) is 0 Å². The van der Waals surface area contributed by atoms with Crippen LogP contribution in [0, 0.1) is 5.92 Å². The van der Waals surface area contributed by atoms with Crippen molar-refractivity contribution >= 4 is 29.2 Å². The number of ether oxygens (including phenoxy) is 2. The summed E-state index contributed by atoms with van der Waals surface area (Å²) in [5.41, 5.74) is 6.00. The number of benzene rings is 1.